The predicted octanol–water partition coefficient (Wildman–Crippen LogP) is 1.91. The van der Waals surface area contributed by atoms with Gasteiger partial charge in [-0.1, -0.05) is 0 Å². The molecule has 22 heavy (non-hydrogen) atoms. The number of methoxy groups -OCH3 is 1. The van der Waals surface area contributed by atoms with E-state index in [1.54, 1.807) is 0 Å². The molecule has 0 spiro atoms. The van der Waals surface area contributed by atoms with E-state index in [9.17, 15) is 9.59 Å². The summed E-state index contributed by atoms with van der Waals surface area (Å²) in [6.45, 7) is 0. The zero-order valence-electron chi connectivity index (χ0n) is 12.3. The van der Waals surface area contributed by atoms with E-state index in [1.807, 2.05) is 12.1 Å². The van der Waals surface area contributed by atoms with Gasteiger partial charge in [-0.25, -0.2) is 4.79 Å². The fraction of sp³-hybridized carbons (Fsp3) is 0.375. The number of benzene rings is 1. The molecule has 0 saturated heterocycles. The standard InChI is InChI=1S/C16H17N3O3/c1-22-16(21)14(5-3-2-4-10-17)19-15(20)13-8-6-12(11-18)7-9-13/h6-9,14H,2-5H2,1H3,(H,19,20)/t14-/m1/s1. The minimum atomic E-state index is -0.744. The van der Waals surface area contributed by atoms with Crippen LogP contribution in [-0.2, 0) is 9.53 Å². The number of rotatable bonds is 7. The number of carbonyl (C=O) groups is 2. The highest BCUT2D eigenvalue weighted by Gasteiger charge is 2.21. The summed E-state index contributed by atoms with van der Waals surface area (Å²) >= 11 is 0. The van der Waals surface area contributed by atoms with Crippen LogP contribution in [0.5, 0.6) is 0 Å². The van der Waals surface area contributed by atoms with Crippen LogP contribution in [0.4, 0.5) is 0 Å². The van der Waals surface area contributed by atoms with E-state index in [2.05, 4.69) is 10.1 Å². The first-order valence-corrected chi connectivity index (χ1v) is 6.88. The number of nitrogens with zero attached hydrogens (tertiary/aromatic N) is 2. The Morgan fingerprint density at radius 1 is 1.23 bits per heavy atom. The molecule has 0 aliphatic carbocycles. The van der Waals surface area contributed by atoms with Crippen molar-refractivity contribution in [1.82, 2.24) is 5.32 Å². The van der Waals surface area contributed by atoms with E-state index < -0.39 is 17.9 Å². The molecular formula is C16H17N3O3. The van der Waals surface area contributed by atoms with Crippen molar-refractivity contribution < 1.29 is 14.3 Å². The second-order valence-electron chi connectivity index (χ2n) is 4.64. The van der Waals surface area contributed by atoms with Crippen LogP contribution < -0.4 is 5.32 Å². The molecule has 1 N–H and O–H groups in total. The Bertz CT molecular complexity index is 597. The third-order valence-corrected chi connectivity index (χ3v) is 3.10. The molecule has 6 heteroatoms. The Morgan fingerprint density at radius 3 is 2.45 bits per heavy atom. The highest BCUT2D eigenvalue weighted by Crippen LogP contribution is 2.08. The summed E-state index contributed by atoms with van der Waals surface area (Å²) in [6.07, 6.45) is 2.13. The number of nitriles is 2. The lowest BCUT2D eigenvalue weighted by atomic mass is 10.1. The van der Waals surface area contributed by atoms with Crippen LogP contribution in [0.2, 0.25) is 0 Å². The number of esters is 1. The SMILES string of the molecule is COC(=O)[C@@H](CCCCC#N)NC(=O)c1ccc(C#N)cc1. The van der Waals surface area contributed by atoms with Crippen LogP contribution in [0.1, 0.15) is 41.6 Å². The van der Waals surface area contributed by atoms with E-state index in [0.717, 1.165) is 0 Å². The summed E-state index contributed by atoms with van der Waals surface area (Å²) in [4.78, 5) is 23.8. The molecule has 6 nitrogen and oxygen atoms in total. The first-order valence-electron chi connectivity index (χ1n) is 6.88. The molecule has 1 atom stereocenters. The Morgan fingerprint density at radius 2 is 1.91 bits per heavy atom. The third kappa shape index (κ3) is 5.26. The van der Waals surface area contributed by atoms with Crippen molar-refractivity contribution in [3.05, 3.63) is 35.4 Å². The van der Waals surface area contributed by atoms with Gasteiger partial charge in [-0.2, -0.15) is 10.5 Å². The maximum Gasteiger partial charge on any atom is 0.328 e. The number of hydrogen-bond donors (Lipinski definition) is 1. The van der Waals surface area contributed by atoms with E-state index in [1.165, 1.54) is 31.4 Å². The quantitative estimate of drug-likeness (QED) is 0.612. The number of unbranched alkanes of at least 4 members (excludes halogenated alkanes) is 2. The van der Waals surface area contributed by atoms with Crippen molar-refractivity contribution in [3.63, 3.8) is 0 Å². The van der Waals surface area contributed by atoms with Crippen molar-refractivity contribution >= 4 is 11.9 Å². The molecule has 0 bridgehead atoms. The summed E-state index contributed by atoms with van der Waals surface area (Å²) in [5.74, 6) is -0.917. The molecule has 0 unspecified atom stereocenters. The number of ether oxygens (including phenoxy) is 1. The number of carbonyl (C=O) groups excluding carboxylic acids is 2. The minimum absolute atomic E-state index is 0.366. The van der Waals surface area contributed by atoms with Gasteiger partial charge in [0.25, 0.3) is 5.91 Å². The molecule has 1 aromatic carbocycles. The summed E-state index contributed by atoms with van der Waals surface area (Å²) in [7, 11) is 1.26. The molecule has 0 radical (unpaired) electrons. The van der Waals surface area contributed by atoms with Crippen molar-refractivity contribution in [1.29, 1.82) is 10.5 Å². The highest BCUT2D eigenvalue weighted by molar-refractivity contribution is 5.96. The molecule has 114 valence electrons. The predicted molar refractivity (Wildman–Crippen MR) is 78.5 cm³/mol. The first kappa shape index (κ1) is 17.2. The van der Waals surface area contributed by atoms with Crippen molar-refractivity contribution in [2.75, 3.05) is 7.11 Å². The van der Waals surface area contributed by atoms with Gasteiger partial charge in [0.1, 0.15) is 6.04 Å². The van der Waals surface area contributed by atoms with Crippen LogP contribution in [0.3, 0.4) is 0 Å². The van der Waals surface area contributed by atoms with Crippen LogP contribution >= 0.6 is 0 Å². The van der Waals surface area contributed by atoms with Gasteiger partial charge in [-0.3, -0.25) is 4.79 Å². The topological polar surface area (TPSA) is 103 Å². The van der Waals surface area contributed by atoms with Crippen LogP contribution in [0.25, 0.3) is 0 Å². The molecule has 0 fully saturated rings. The number of hydrogen-bond acceptors (Lipinski definition) is 5. The average Bonchev–Trinajstić information content (AvgIpc) is 2.56. The van der Waals surface area contributed by atoms with E-state index >= 15 is 0 Å². The minimum Gasteiger partial charge on any atom is -0.467 e. The Balaban J connectivity index is 2.67. The van der Waals surface area contributed by atoms with Crippen LogP contribution in [-0.4, -0.2) is 25.0 Å². The Labute approximate surface area is 129 Å². The van der Waals surface area contributed by atoms with Crippen molar-refractivity contribution in [3.8, 4) is 12.1 Å². The second-order valence-corrected chi connectivity index (χ2v) is 4.64. The number of nitrogens with one attached hydrogen (secondary N) is 1. The average molecular weight is 299 g/mol. The van der Waals surface area contributed by atoms with Crippen LogP contribution in [0.15, 0.2) is 24.3 Å². The molecule has 0 aliphatic rings. The lowest BCUT2D eigenvalue weighted by molar-refractivity contribution is -0.143. The van der Waals surface area contributed by atoms with Gasteiger partial charge in [0.2, 0.25) is 0 Å². The van der Waals surface area contributed by atoms with E-state index in [-0.39, 0.29) is 0 Å². The fourth-order valence-corrected chi connectivity index (χ4v) is 1.88. The maximum atomic E-state index is 12.1. The number of amides is 1. The monoisotopic (exact) mass is 299 g/mol. The van der Waals surface area contributed by atoms with Gasteiger partial charge < -0.3 is 10.1 Å². The van der Waals surface area contributed by atoms with E-state index in [4.69, 9.17) is 10.5 Å². The molecular weight excluding hydrogens is 282 g/mol. The fourth-order valence-electron chi connectivity index (χ4n) is 1.88. The summed E-state index contributed by atoms with van der Waals surface area (Å²) in [5, 5.41) is 19.8. The van der Waals surface area contributed by atoms with Gasteiger partial charge in [0, 0.05) is 12.0 Å². The maximum absolute atomic E-state index is 12.1. The van der Waals surface area contributed by atoms with Gasteiger partial charge in [-0.15, -0.1) is 0 Å². The van der Waals surface area contributed by atoms with Crippen molar-refractivity contribution in [2.24, 2.45) is 0 Å². The molecule has 0 aliphatic heterocycles. The molecule has 1 amide bonds. The first-order chi connectivity index (χ1) is 10.6. The normalized spacial score (nSPS) is 10.9. The lowest BCUT2D eigenvalue weighted by Crippen LogP contribution is -2.41. The molecule has 0 aromatic heterocycles. The van der Waals surface area contributed by atoms with Gasteiger partial charge in [-0.05, 0) is 43.5 Å². The molecule has 1 aromatic rings. The molecule has 1 rings (SSSR count). The van der Waals surface area contributed by atoms with Crippen LogP contribution in [0, 0.1) is 22.7 Å². The van der Waals surface area contributed by atoms with Gasteiger partial charge in [0.05, 0.1) is 24.8 Å². The second kappa shape index (κ2) is 9.15. The molecule has 0 heterocycles. The van der Waals surface area contributed by atoms with Gasteiger partial charge >= 0.3 is 5.97 Å². The summed E-state index contributed by atoms with van der Waals surface area (Å²) in [5.41, 5.74) is 0.822. The van der Waals surface area contributed by atoms with E-state index in [0.29, 0.717) is 36.8 Å². The summed E-state index contributed by atoms with van der Waals surface area (Å²) in [6, 6.07) is 9.38. The van der Waals surface area contributed by atoms with Crippen molar-refractivity contribution in [2.45, 2.75) is 31.7 Å². The zero-order valence-corrected chi connectivity index (χ0v) is 12.3. The smallest absolute Gasteiger partial charge is 0.328 e. The third-order valence-electron chi connectivity index (χ3n) is 3.10. The summed E-state index contributed by atoms with van der Waals surface area (Å²) < 4.78 is 4.68. The Hall–Kier alpha value is -2.86. The largest absolute Gasteiger partial charge is 0.467 e. The Kier molecular flexibility index (Phi) is 7.15. The lowest BCUT2D eigenvalue weighted by Gasteiger charge is -2.16. The highest BCUT2D eigenvalue weighted by atomic mass is 16.5. The zero-order chi connectivity index (χ0) is 16.4. The molecule has 0 saturated carbocycles. The van der Waals surface area contributed by atoms with Gasteiger partial charge in [0.15, 0.2) is 0 Å².